The van der Waals surface area contributed by atoms with Crippen molar-refractivity contribution in [2.75, 3.05) is 13.2 Å². The molecular weight excluding hydrogens is 249 g/mol. The Bertz CT molecular complexity index is 452. The second-order valence-electron chi connectivity index (χ2n) is 4.73. The lowest BCUT2D eigenvalue weighted by atomic mass is 10.2. The Morgan fingerprint density at radius 3 is 3.11 bits per heavy atom. The highest BCUT2D eigenvalue weighted by atomic mass is 19.1. The normalized spacial score (nSPS) is 20.4. The summed E-state index contributed by atoms with van der Waals surface area (Å²) in [7, 11) is 0. The number of rotatable bonds is 4. The molecule has 0 saturated carbocycles. The molecule has 1 aliphatic rings. The lowest BCUT2D eigenvalue weighted by Gasteiger charge is -2.26. The third-order valence-electron chi connectivity index (χ3n) is 3.33. The van der Waals surface area contributed by atoms with Crippen molar-refractivity contribution in [3.05, 3.63) is 30.1 Å². The first kappa shape index (κ1) is 13.8. The zero-order valence-corrected chi connectivity index (χ0v) is 10.9. The number of amides is 1. The number of aliphatic hydroxyl groups excluding tert-OH is 1. The first-order chi connectivity index (χ1) is 9.11. The van der Waals surface area contributed by atoms with Crippen LogP contribution in [0.25, 0.3) is 0 Å². The van der Waals surface area contributed by atoms with Crippen LogP contribution in [0.5, 0.6) is 5.75 Å². The molecule has 1 amide bonds. The van der Waals surface area contributed by atoms with Crippen LogP contribution in [0.15, 0.2) is 24.3 Å². The Labute approximate surface area is 111 Å². The third-order valence-corrected chi connectivity index (χ3v) is 3.33. The fraction of sp³-hybridized carbons (Fsp3) is 0.500. The van der Waals surface area contributed by atoms with E-state index in [1.807, 2.05) is 0 Å². The van der Waals surface area contributed by atoms with E-state index >= 15 is 0 Å². The summed E-state index contributed by atoms with van der Waals surface area (Å²) in [6, 6.07) is 5.60. The summed E-state index contributed by atoms with van der Waals surface area (Å²) in [4.78, 5) is 13.8. The number of hydrogen-bond acceptors (Lipinski definition) is 3. The molecule has 5 heteroatoms. The van der Waals surface area contributed by atoms with E-state index in [1.54, 1.807) is 17.9 Å². The highest BCUT2D eigenvalue weighted by molar-refractivity contribution is 5.81. The molecule has 2 atom stereocenters. The Morgan fingerprint density at radius 2 is 2.42 bits per heavy atom. The molecule has 0 spiro atoms. The van der Waals surface area contributed by atoms with Crippen LogP contribution in [0.4, 0.5) is 4.39 Å². The van der Waals surface area contributed by atoms with Gasteiger partial charge in [-0.05, 0) is 31.9 Å². The molecular formula is C14H18FNO3. The van der Waals surface area contributed by atoms with Gasteiger partial charge in [-0.1, -0.05) is 6.07 Å². The summed E-state index contributed by atoms with van der Waals surface area (Å²) >= 11 is 0. The average molecular weight is 267 g/mol. The molecule has 1 fully saturated rings. The first-order valence-electron chi connectivity index (χ1n) is 6.45. The number of benzene rings is 1. The molecule has 1 unspecified atom stereocenters. The number of ether oxygens (including phenoxy) is 1. The van der Waals surface area contributed by atoms with Crippen LogP contribution in [0.3, 0.4) is 0 Å². The van der Waals surface area contributed by atoms with Crippen LogP contribution in [0.2, 0.25) is 0 Å². The molecule has 0 radical (unpaired) electrons. The Balaban J connectivity index is 1.99. The van der Waals surface area contributed by atoms with Crippen LogP contribution in [-0.4, -0.2) is 41.2 Å². The van der Waals surface area contributed by atoms with E-state index in [9.17, 15) is 14.3 Å². The van der Waals surface area contributed by atoms with Crippen LogP contribution in [-0.2, 0) is 4.79 Å². The van der Waals surface area contributed by atoms with Gasteiger partial charge in [-0.3, -0.25) is 4.79 Å². The summed E-state index contributed by atoms with van der Waals surface area (Å²) in [5.74, 6) is -0.229. The maximum atomic E-state index is 13.0. The number of nitrogens with zero attached hydrogens (tertiary/aromatic N) is 1. The number of carbonyl (C=O) groups excluding carboxylic acids is 1. The van der Waals surface area contributed by atoms with Gasteiger partial charge in [-0.2, -0.15) is 0 Å². The molecule has 1 heterocycles. The van der Waals surface area contributed by atoms with Gasteiger partial charge < -0.3 is 14.7 Å². The molecule has 1 aromatic carbocycles. The highest BCUT2D eigenvalue weighted by Gasteiger charge is 2.31. The van der Waals surface area contributed by atoms with E-state index in [1.165, 1.54) is 18.2 Å². The Morgan fingerprint density at radius 1 is 1.63 bits per heavy atom. The molecule has 2 rings (SSSR count). The Hall–Kier alpha value is -1.62. The standard InChI is InChI=1S/C14H18FNO3/c1-10(19-13-6-2-4-11(15)8-13)14(18)16-7-3-5-12(16)9-17/h2,4,6,8,10,12,17H,3,5,7,9H2,1H3/t10?,12-/m1/s1. The van der Waals surface area contributed by atoms with Crippen molar-refractivity contribution >= 4 is 5.91 Å². The number of halogens is 1. The number of hydrogen-bond donors (Lipinski definition) is 1. The van der Waals surface area contributed by atoms with Crippen LogP contribution in [0.1, 0.15) is 19.8 Å². The van der Waals surface area contributed by atoms with Crippen LogP contribution >= 0.6 is 0 Å². The fourth-order valence-corrected chi connectivity index (χ4v) is 2.34. The van der Waals surface area contributed by atoms with Crippen molar-refractivity contribution in [2.24, 2.45) is 0 Å². The molecule has 4 nitrogen and oxygen atoms in total. The summed E-state index contributed by atoms with van der Waals surface area (Å²) in [5.41, 5.74) is 0. The number of carbonyl (C=O) groups is 1. The molecule has 1 aromatic rings. The van der Waals surface area contributed by atoms with Gasteiger partial charge in [0.15, 0.2) is 6.10 Å². The molecule has 1 aliphatic heterocycles. The first-order valence-corrected chi connectivity index (χ1v) is 6.45. The van der Waals surface area contributed by atoms with E-state index < -0.39 is 11.9 Å². The molecule has 104 valence electrons. The second kappa shape index (κ2) is 6.02. The van der Waals surface area contributed by atoms with Crippen molar-refractivity contribution in [1.29, 1.82) is 0 Å². The van der Waals surface area contributed by atoms with Gasteiger partial charge in [-0.15, -0.1) is 0 Å². The summed E-state index contributed by atoms with van der Waals surface area (Å²) in [6.07, 6.45) is 1.02. The van der Waals surface area contributed by atoms with Gasteiger partial charge >= 0.3 is 0 Å². The van der Waals surface area contributed by atoms with Crippen molar-refractivity contribution in [1.82, 2.24) is 4.90 Å². The van der Waals surface area contributed by atoms with E-state index in [4.69, 9.17) is 4.74 Å². The van der Waals surface area contributed by atoms with Gasteiger partial charge in [0.1, 0.15) is 11.6 Å². The molecule has 0 aromatic heterocycles. The smallest absolute Gasteiger partial charge is 0.263 e. The zero-order valence-electron chi connectivity index (χ0n) is 10.9. The second-order valence-corrected chi connectivity index (χ2v) is 4.73. The van der Waals surface area contributed by atoms with Gasteiger partial charge in [0.2, 0.25) is 0 Å². The highest BCUT2D eigenvalue weighted by Crippen LogP contribution is 2.20. The quantitative estimate of drug-likeness (QED) is 0.901. The molecule has 0 aliphatic carbocycles. The summed E-state index contributed by atoms with van der Waals surface area (Å²) in [5, 5.41) is 9.21. The van der Waals surface area contributed by atoms with Gasteiger partial charge in [0.05, 0.1) is 12.6 Å². The van der Waals surface area contributed by atoms with E-state index in [-0.39, 0.29) is 18.6 Å². The largest absolute Gasteiger partial charge is 0.481 e. The predicted molar refractivity (Wildman–Crippen MR) is 68.3 cm³/mol. The lowest BCUT2D eigenvalue weighted by molar-refractivity contribution is -0.139. The number of aliphatic hydroxyl groups is 1. The SMILES string of the molecule is CC(Oc1cccc(F)c1)C(=O)N1CCC[C@@H]1CO. The van der Waals surface area contributed by atoms with Gasteiger partial charge in [-0.25, -0.2) is 4.39 Å². The van der Waals surface area contributed by atoms with Crippen LogP contribution < -0.4 is 4.74 Å². The van der Waals surface area contributed by atoms with Crippen molar-refractivity contribution in [3.63, 3.8) is 0 Å². The average Bonchev–Trinajstić information content (AvgIpc) is 2.86. The van der Waals surface area contributed by atoms with Gasteiger partial charge in [0.25, 0.3) is 5.91 Å². The topological polar surface area (TPSA) is 49.8 Å². The van der Waals surface area contributed by atoms with E-state index in [2.05, 4.69) is 0 Å². The molecule has 1 N–H and O–H groups in total. The minimum absolute atomic E-state index is 0.0293. The van der Waals surface area contributed by atoms with Gasteiger partial charge in [0, 0.05) is 12.6 Å². The molecule has 1 saturated heterocycles. The maximum Gasteiger partial charge on any atom is 0.263 e. The predicted octanol–water partition coefficient (Wildman–Crippen LogP) is 1.58. The summed E-state index contributed by atoms with van der Waals surface area (Å²) < 4.78 is 18.5. The third kappa shape index (κ3) is 3.23. The van der Waals surface area contributed by atoms with Crippen LogP contribution in [0, 0.1) is 5.82 Å². The zero-order chi connectivity index (χ0) is 13.8. The van der Waals surface area contributed by atoms with Crippen molar-refractivity contribution < 1.29 is 19.0 Å². The van der Waals surface area contributed by atoms with E-state index in [0.29, 0.717) is 12.3 Å². The fourth-order valence-electron chi connectivity index (χ4n) is 2.34. The minimum Gasteiger partial charge on any atom is -0.481 e. The van der Waals surface area contributed by atoms with E-state index in [0.717, 1.165) is 12.8 Å². The minimum atomic E-state index is -0.686. The molecule has 0 bridgehead atoms. The Kier molecular flexibility index (Phi) is 4.37. The van der Waals surface area contributed by atoms with Crippen molar-refractivity contribution in [3.8, 4) is 5.75 Å². The molecule has 19 heavy (non-hydrogen) atoms. The van der Waals surface area contributed by atoms with Crippen molar-refractivity contribution in [2.45, 2.75) is 31.9 Å². The maximum absolute atomic E-state index is 13.0. The lowest BCUT2D eigenvalue weighted by Crippen LogP contribution is -2.44. The number of likely N-dealkylation sites (tertiary alicyclic amines) is 1. The monoisotopic (exact) mass is 267 g/mol. The summed E-state index contributed by atoms with van der Waals surface area (Å²) in [6.45, 7) is 2.25.